The number of benzene rings is 1. The van der Waals surface area contributed by atoms with E-state index in [1.54, 1.807) is 22.6 Å². The number of rotatable bonds is 4. The first-order chi connectivity index (χ1) is 12.3. The van der Waals surface area contributed by atoms with Gasteiger partial charge in [0.2, 0.25) is 0 Å². The van der Waals surface area contributed by atoms with Gasteiger partial charge in [-0.1, -0.05) is 30.7 Å². The number of aromatic nitrogens is 2. The largest absolute Gasteiger partial charge is 0.345 e. The van der Waals surface area contributed by atoms with Gasteiger partial charge in [-0.2, -0.15) is 0 Å². The third-order valence-electron chi connectivity index (χ3n) is 4.88. The smallest absolute Gasteiger partial charge is 0.141 e. The minimum atomic E-state index is 0.759. The summed E-state index contributed by atoms with van der Waals surface area (Å²) >= 11 is 7.73. The minimum absolute atomic E-state index is 0.759. The molecule has 6 heteroatoms. The number of thiophene rings is 1. The Hall–Kier alpha value is -1.69. The normalized spacial score (nSPS) is 15.8. The third kappa shape index (κ3) is 3.36. The highest BCUT2D eigenvalue weighted by molar-refractivity contribution is 7.17. The van der Waals surface area contributed by atoms with E-state index in [0.717, 1.165) is 28.8 Å². The van der Waals surface area contributed by atoms with E-state index in [2.05, 4.69) is 39.3 Å². The van der Waals surface area contributed by atoms with E-state index in [4.69, 9.17) is 11.6 Å². The molecule has 3 heterocycles. The average molecular weight is 374 g/mol. The maximum absolute atomic E-state index is 6.05. The van der Waals surface area contributed by atoms with Crippen LogP contribution in [0.1, 0.15) is 13.3 Å². The van der Waals surface area contributed by atoms with Gasteiger partial charge in [-0.15, -0.1) is 11.3 Å². The molecule has 130 valence electrons. The van der Waals surface area contributed by atoms with E-state index in [-0.39, 0.29) is 0 Å². The second-order valence-corrected chi connectivity index (χ2v) is 7.82. The van der Waals surface area contributed by atoms with Gasteiger partial charge in [-0.25, -0.2) is 9.97 Å². The molecule has 25 heavy (non-hydrogen) atoms. The number of piperazine rings is 1. The number of fused-ring (bicyclic) bond motifs is 1. The molecule has 0 radical (unpaired) electrons. The summed E-state index contributed by atoms with van der Waals surface area (Å²) in [7, 11) is 0. The van der Waals surface area contributed by atoms with Crippen LogP contribution in [-0.2, 0) is 0 Å². The standard InChI is InChI=1S/C19H21ClN4S/c1-2-7-23-8-10-24(11-9-23)18-17-16(12-25-19(17)22-13-21-18)14-3-5-15(20)6-4-14/h3-6,12-13H,2,7-11H2,1H3/p+1. The number of hydrogen-bond donors (Lipinski definition) is 1. The molecular weight excluding hydrogens is 352 g/mol. The fourth-order valence-corrected chi connectivity index (χ4v) is 4.62. The van der Waals surface area contributed by atoms with Gasteiger partial charge in [0.1, 0.15) is 17.0 Å². The summed E-state index contributed by atoms with van der Waals surface area (Å²) in [5.41, 5.74) is 2.37. The Labute approximate surface area is 157 Å². The van der Waals surface area contributed by atoms with Crippen molar-refractivity contribution >= 4 is 39.0 Å². The Morgan fingerprint density at radius 1 is 1.16 bits per heavy atom. The molecule has 1 N–H and O–H groups in total. The fourth-order valence-electron chi connectivity index (χ4n) is 3.58. The summed E-state index contributed by atoms with van der Waals surface area (Å²) in [6, 6.07) is 8.03. The predicted molar refractivity (Wildman–Crippen MR) is 106 cm³/mol. The average Bonchev–Trinajstić information content (AvgIpc) is 3.08. The van der Waals surface area contributed by atoms with Crippen molar-refractivity contribution in [3.05, 3.63) is 41.0 Å². The van der Waals surface area contributed by atoms with Gasteiger partial charge in [-0.05, 0) is 24.1 Å². The topological polar surface area (TPSA) is 33.5 Å². The highest BCUT2D eigenvalue weighted by Gasteiger charge is 2.23. The molecule has 4 nitrogen and oxygen atoms in total. The van der Waals surface area contributed by atoms with Crippen molar-refractivity contribution in [2.75, 3.05) is 37.6 Å². The van der Waals surface area contributed by atoms with Crippen molar-refractivity contribution in [1.82, 2.24) is 9.97 Å². The Kier molecular flexibility index (Phi) is 4.88. The van der Waals surface area contributed by atoms with Gasteiger partial charge >= 0.3 is 0 Å². The summed E-state index contributed by atoms with van der Waals surface area (Å²) in [4.78, 5) is 14.3. The number of hydrogen-bond acceptors (Lipinski definition) is 4. The highest BCUT2D eigenvalue weighted by Crippen LogP contribution is 2.38. The molecule has 0 atom stereocenters. The van der Waals surface area contributed by atoms with E-state index >= 15 is 0 Å². The first-order valence-electron chi connectivity index (χ1n) is 8.83. The van der Waals surface area contributed by atoms with Gasteiger partial charge < -0.3 is 9.80 Å². The first-order valence-corrected chi connectivity index (χ1v) is 10.1. The molecule has 0 saturated carbocycles. The molecule has 1 aromatic carbocycles. The Bertz CT molecular complexity index is 853. The summed E-state index contributed by atoms with van der Waals surface area (Å²) in [5, 5.41) is 4.12. The Balaban J connectivity index is 1.70. The lowest BCUT2D eigenvalue weighted by Gasteiger charge is -2.33. The number of halogens is 1. The molecule has 1 aliphatic heterocycles. The zero-order valence-electron chi connectivity index (χ0n) is 14.3. The van der Waals surface area contributed by atoms with Gasteiger partial charge in [0.05, 0.1) is 38.1 Å². The lowest BCUT2D eigenvalue weighted by Crippen LogP contribution is -3.14. The number of anilines is 1. The van der Waals surface area contributed by atoms with Gasteiger partial charge in [0, 0.05) is 16.0 Å². The summed E-state index contributed by atoms with van der Waals surface area (Å²) in [5.74, 6) is 1.08. The van der Waals surface area contributed by atoms with Crippen molar-refractivity contribution in [2.45, 2.75) is 13.3 Å². The van der Waals surface area contributed by atoms with Crippen LogP contribution < -0.4 is 9.80 Å². The van der Waals surface area contributed by atoms with Gasteiger partial charge in [0.15, 0.2) is 0 Å². The molecule has 3 aromatic rings. The van der Waals surface area contributed by atoms with Crippen LogP contribution in [0.4, 0.5) is 5.82 Å². The minimum Gasteiger partial charge on any atom is -0.345 e. The molecule has 1 saturated heterocycles. The number of quaternary nitrogens is 1. The maximum atomic E-state index is 6.05. The van der Waals surface area contributed by atoms with Crippen molar-refractivity contribution in [3.8, 4) is 11.1 Å². The lowest BCUT2D eigenvalue weighted by molar-refractivity contribution is -0.900. The van der Waals surface area contributed by atoms with Crippen LogP contribution in [0.5, 0.6) is 0 Å². The van der Waals surface area contributed by atoms with E-state index in [1.165, 1.54) is 42.6 Å². The van der Waals surface area contributed by atoms with Crippen molar-refractivity contribution in [3.63, 3.8) is 0 Å². The summed E-state index contributed by atoms with van der Waals surface area (Å²) in [6.07, 6.45) is 2.95. The van der Waals surface area contributed by atoms with Crippen LogP contribution in [0.15, 0.2) is 36.0 Å². The van der Waals surface area contributed by atoms with Gasteiger partial charge in [0.25, 0.3) is 0 Å². The van der Waals surface area contributed by atoms with E-state index in [1.807, 2.05) is 12.1 Å². The summed E-state index contributed by atoms with van der Waals surface area (Å²) < 4.78 is 0. The van der Waals surface area contributed by atoms with Crippen molar-refractivity contribution in [1.29, 1.82) is 0 Å². The van der Waals surface area contributed by atoms with Crippen LogP contribution in [-0.4, -0.2) is 42.7 Å². The number of nitrogens with zero attached hydrogens (tertiary/aromatic N) is 3. The fraction of sp³-hybridized carbons (Fsp3) is 0.368. The predicted octanol–water partition coefficient (Wildman–Crippen LogP) is 3.13. The van der Waals surface area contributed by atoms with E-state index in [9.17, 15) is 0 Å². The molecule has 2 aromatic heterocycles. The summed E-state index contributed by atoms with van der Waals surface area (Å²) in [6.45, 7) is 7.99. The van der Waals surface area contributed by atoms with Crippen LogP contribution >= 0.6 is 22.9 Å². The van der Waals surface area contributed by atoms with Crippen molar-refractivity contribution < 1.29 is 4.90 Å². The molecule has 0 spiro atoms. The molecule has 0 bridgehead atoms. The zero-order valence-corrected chi connectivity index (χ0v) is 15.9. The molecule has 0 unspecified atom stereocenters. The van der Waals surface area contributed by atoms with Crippen LogP contribution in [0.3, 0.4) is 0 Å². The third-order valence-corrected chi connectivity index (χ3v) is 6.02. The second kappa shape index (κ2) is 7.28. The van der Waals surface area contributed by atoms with E-state index in [0.29, 0.717) is 0 Å². The molecule has 0 aliphatic carbocycles. The first kappa shape index (κ1) is 16.8. The molecular formula is C19H22ClN4S+. The van der Waals surface area contributed by atoms with Crippen LogP contribution in [0.2, 0.25) is 5.02 Å². The molecule has 0 amide bonds. The van der Waals surface area contributed by atoms with Crippen molar-refractivity contribution in [2.24, 2.45) is 0 Å². The quantitative estimate of drug-likeness (QED) is 0.762. The maximum Gasteiger partial charge on any atom is 0.141 e. The van der Waals surface area contributed by atoms with E-state index < -0.39 is 0 Å². The molecule has 1 aliphatic rings. The Morgan fingerprint density at radius 2 is 1.92 bits per heavy atom. The van der Waals surface area contributed by atoms with Crippen LogP contribution in [0.25, 0.3) is 21.3 Å². The molecule has 1 fully saturated rings. The monoisotopic (exact) mass is 373 g/mol. The second-order valence-electron chi connectivity index (χ2n) is 6.52. The molecule has 4 rings (SSSR count). The highest BCUT2D eigenvalue weighted by atomic mass is 35.5. The zero-order chi connectivity index (χ0) is 17.2. The van der Waals surface area contributed by atoms with Gasteiger partial charge in [-0.3, -0.25) is 0 Å². The van der Waals surface area contributed by atoms with Crippen LogP contribution in [0, 0.1) is 0 Å². The lowest BCUT2D eigenvalue weighted by atomic mass is 10.1. The number of nitrogens with one attached hydrogen (secondary N) is 1. The Morgan fingerprint density at radius 3 is 2.64 bits per heavy atom. The SMILES string of the molecule is CCC[NH+]1CCN(c2ncnc3scc(-c4ccc(Cl)cc4)c23)CC1.